The Morgan fingerprint density at radius 2 is 1.09 bits per heavy atom. The van der Waals surface area contributed by atoms with Gasteiger partial charge in [0.15, 0.2) is 0 Å². The highest BCUT2D eigenvalue weighted by molar-refractivity contribution is 5.25. The van der Waals surface area contributed by atoms with Crippen LogP contribution >= 0.6 is 0 Å². The van der Waals surface area contributed by atoms with Crippen LogP contribution in [0.4, 0.5) is 0 Å². The zero-order valence-corrected chi connectivity index (χ0v) is 20.7. The largest absolute Gasteiger partial charge is 0.370 e. The first-order valence-corrected chi connectivity index (χ1v) is 13.5. The summed E-state index contributed by atoms with van der Waals surface area (Å²) in [4.78, 5) is 0. The summed E-state index contributed by atoms with van der Waals surface area (Å²) in [6.45, 7) is 8.82. The van der Waals surface area contributed by atoms with E-state index >= 15 is 0 Å². The number of ether oxygens (including phenoxy) is 3. The summed E-state index contributed by atoms with van der Waals surface area (Å²) in [5.41, 5.74) is 1.61. The molecule has 2 aliphatic heterocycles. The maximum atomic E-state index is 7.60. The maximum absolute atomic E-state index is 7.60. The van der Waals surface area contributed by atoms with Crippen LogP contribution in [0.15, 0.2) is 86.0 Å². The van der Waals surface area contributed by atoms with E-state index < -0.39 is 11.2 Å². The zero-order valence-electron chi connectivity index (χ0n) is 20.7. The lowest BCUT2D eigenvalue weighted by molar-refractivity contribution is -0.166. The number of rotatable bonds is 10. The van der Waals surface area contributed by atoms with E-state index in [9.17, 15) is 0 Å². The molecule has 4 fully saturated rings. The average molecular weight is 471 g/mol. The smallest absolute Gasteiger partial charge is 0.0941 e. The Kier molecular flexibility index (Phi) is 6.20. The molecule has 0 bridgehead atoms. The molecule has 0 aromatic heterocycles. The topological polar surface area (TPSA) is 34.3 Å². The predicted octanol–water partition coefficient (Wildman–Crippen LogP) is 6.47. The van der Waals surface area contributed by atoms with Crippen molar-refractivity contribution in [1.82, 2.24) is 0 Å². The quantitative estimate of drug-likeness (QED) is 0.295. The lowest BCUT2D eigenvalue weighted by Gasteiger charge is -2.50. The van der Waals surface area contributed by atoms with Crippen LogP contribution in [0.2, 0.25) is 0 Å². The molecule has 2 aromatic rings. The fourth-order valence-electron chi connectivity index (χ4n) is 6.97. The van der Waals surface area contributed by atoms with Crippen molar-refractivity contribution in [2.75, 3.05) is 0 Å². The predicted molar refractivity (Wildman–Crippen MR) is 139 cm³/mol. The van der Waals surface area contributed by atoms with Crippen LogP contribution in [0, 0.1) is 11.8 Å². The van der Waals surface area contributed by atoms with E-state index in [1.165, 1.54) is 11.1 Å². The Labute approximate surface area is 210 Å². The highest BCUT2D eigenvalue weighted by Crippen LogP contribution is 2.51. The molecule has 2 heterocycles. The second-order valence-electron chi connectivity index (χ2n) is 11.2. The van der Waals surface area contributed by atoms with Crippen molar-refractivity contribution in [2.45, 2.75) is 87.0 Å². The van der Waals surface area contributed by atoms with Crippen molar-refractivity contribution in [3.8, 4) is 0 Å². The van der Waals surface area contributed by atoms with Gasteiger partial charge in [0, 0.05) is 12.8 Å². The van der Waals surface area contributed by atoms with Crippen molar-refractivity contribution < 1.29 is 14.2 Å². The molecule has 0 amide bonds. The normalized spacial score (nSPS) is 34.4. The van der Waals surface area contributed by atoms with Gasteiger partial charge < -0.3 is 14.2 Å². The van der Waals surface area contributed by atoms with Crippen LogP contribution < -0.4 is 0 Å². The molecule has 2 saturated carbocycles. The van der Waals surface area contributed by atoms with Gasteiger partial charge in [-0.2, -0.15) is 0 Å². The number of epoxide rings is 2. The van der Waals surface area contributed by atoms with E-state index in [4.69, 9.17) is 14.2 Å². The molecule has 3 heteroatoms. The van der Waals surface area contributed by atoms with Gasteiger partial charge in [0.05, 0.1) is 35.6 Å². The third kappa shape index (κ3) is 4.67. The SMILES string of the molecule is C=CC(Cc1ccccc1)(OC(C=C)(Cc1ccccc1)C1CCC2OC2C1)C1CCC2OC2C1. The summed E-state index contributed by atoms with van der Waals surface area (Å²) in [5.74, 6) is 0.736. The summed E-state index contributed by atoms with van der Waals surface area (Å²) in [6, 6.07) is 21.5. The second kappa shape index (κ2) is 9.35. The van der Waals surface area contributed by atoms with Gasteiger partial charge in [-0.05, 0) is 61.5 Å². The van der Waals surface area contributed by atoms with E-state index in [2.05, 4.69) is 86.0 Å². The molecule has 184 valence electrons. The molecule has 3 nitrogen and oxygen atoms in total. The van der Waals surface area contributed by atoms with Gasteiger partial charge in [-0.3, -0.25) is 0 Å². The second-order valence-corrected chi connectivity index (χ2v) is 11.2. The van der Waals surface area contributed by atoms with E-state index in [0.717, 1.165) is 51.4 Å². The first kappa shape index (κ1) is 23.2. The van der Waals surface area contributed by atoms with Gasteiger partial charge >= 0.3 is 0 Å². The van der Waals surface area contributed by atoms with Crippen molar-refractivity contribution in [1.29, 1.82) is 0 Å². The summed E-state index contributed by atoms with van der Waals surface area (Å²) in [5, 5.41) is 0. The third-order valence-corrected chi connectivity index (χ3v) is 9.11. The first-order chi connectivity index (χ1) is 17.1. The van der Waals surface area contributed by atoms with Crippen molar-refractivity contribution in [3.63, 3.8) is 0 Å². The summed E-state index contributed by atoms with van der Waals surface area (Å²) < 4.78 is 19.5. The van der Waals surface area contributed by atoms with Crippen molar-refractivity contribution >= 4 is 0 Å². The molecule has 2 saturated heterocycles. The van der Waals surface area contributed by atoms with Crippen molar-refractivity contribution in [3.05, 3.63) is 97.1 Å². The first-order valence-electron chi connectivity index (χ1n) is 13.5. The molecule has 6 rings (SSSR count). The Morgan fingerprint density at radius 3 is 1.46 bits per heavy atom. The average Bonchev–Trinajstić information content (AvgIpc) is 3.83. The van der Waals surface area contributed by atoms with Crippen LogP contribution in [0.3, 0.4) is 0 Å². The van der Waals surface area contributed by atoms with Gasteiger partial charge in [-0.15, -0.1) is 13.2 Å². The zero-order chi connectivity index (χ0) is 23.9. The third-order valence-electron chi connectivity index (χ3n) is 9.11. The Bertz CT molecular complexity index is 952. The standard InChI is InChI=1S/C32H38O3/c1-3-31(21-23-11-7-5-8-12-23,25-15-17-27-29(19-25)33-27)35-32(4-2,22-24-13-9-6-10-14-24)26-16-18-28-30(20-26)34-28/h3-14,25-30H,1-2,15-22H2. The highest BCUT2D eigenvalue weighted by atomic mass is 16.6. The molecule has 8 unspecified atom stereocenters. The molecular weight excluding hydrogens is 432 g/mol. The van der Waals surface area contributed by atoms with E-state index in [-0.39, 0.29) is 0 Å². The van der Waals surface area contributed by atoms with E-state index in [1.54, 1.807) is 0 Å². The summed E-state index contributed by atoms with van der Waals surface area (Å²) >= 11 is 0. The van der Waals surface area contributed by atoms with Crippen LogP contribution in [0.25, 0.3) is 0 Å². The molecule has 2 aromatic carbocycles. The molecule has 4 aliphatic rings. The molecule has 0 radical (unpaired) electrons. The molecule has 0 spiro atoms. The maximum Gasteiger partial charge on any atom is 0.0941 e. The minimum Gasteiger partial charge on any atom is -0.370 e. The number of hydrogen-bond donors (Lipinski definition) is 0. The van der Waals surface area contributed by atoms with Gasteiger partial charge in [-0.1, -0.05) is 72.8 Å². The molecule has 2 aliphatic carbocycles. The van der Waals surface area contributed by atoms with E-state index in [0.29, 0.717) is 36.3 Å². The minimum absolute atomic E-state index is 0.368. The highest BCUT2D eigenvalue weighted by Gasteiger charge is 2.55. The lowest BCUT2D eigenvalue weighted by atomic mass is 9.70. The van der Waals surface area contributed by atoms with Crippen LogP contribution in [-0.4, -0.2) is 35.6 Å². The summed E-state index contributed by atoms with van der Waals surface area (Å²) in [6.07, 6.45) is 14.1. The van der Waals surface area contributed by atoms with Gasteiger partial charge in [0.1, 0.15) is 0 Å². The summed E-state index contributed by atoms with van der Waals surface area (Å²) in [7, 11) is 0. The fraction of sp³-hybridized carbons (Fsp3) is 0.500. The Balaban J connectivity index is 1.38. The van der Waals surface area contributed by atoms with Gasteiger partial charge in [-0.25, -0.2) is 0 Å². The lowest BCUT2D eigenvalue weighted by Crippen LogP contribution is -2.54. The fourth-order valence-corrected chi connectivity index (χ4v) is 6.97. The Morgan fingerprint density at radius 1 is 0.657 bits per heavy atom. The number of benzene rings is 2. The van der Waals surface area contributed by atoms with Gasteiger partial charge in [0.2, 0.25) is 0 Å². The molecular formula is C32H38O3. The minimum atomic E-state index is -0.484. The van der Waals surface area contributed by atoms with E-state index in [1.807, 2.05) is 0 Å². The van der Waals surface area contributed by atoms with Crippen molar-refractivity contribution in [2.24, 2.45) is 11.8 Å². The monoisotopic (exact) mass is 470 g/mol. The number of hydrogen-bond acceptors (Lipinski definition) is 3. The van der Waals surface area contributed by atoms with Gasteiger partial charge in [0.25, 0.3) is 0 Å². The number of fused-ring (bicyclic) bond motifs is 2. The van der Waals surface area contributed by atoms with Crippen LogP contribution in [0.1, 0.15) is 49.7 Å². The molecule has 35 heavy (non-hydrogen) atoms. The molecule has 8 atom stereocenters. The molecule has 0 N–H and O–H groups in total. The van der Waals surface area contributed by atoms with Crippen LogP contribution in [-0.2, 0) is 27.1 Å². The van der Waals surface area contributed by atoms with Crippen LogP contribution in [0.5, 0.6) is 0 Å². The Hall–Kier alpha value is -2.20.